The first-order chi connectivity index (χ1) is 13.7. The van der Waals surface area contributed by atoms with Gasteiger partial charge in [-0.1, -0.05) is 36.0 Å². The summed E-state index contributed by atoms with van der Waals surface area (Å²) in [6, 6.07) is 16.6. The largest absolute Gasteiger partial charge is 0.411 e. The Labute approximate surface area is 165 Å². The van der Waals surface area contributed by atoms with E-state index in [1.807, 2.05) is 30.3 Å². The van der Waals surface area contributed by atoms with E-state index in [4.69, 9.17) is 4.42 Å². The van der Waals surface area contributed by atoms with Crippen molar-refractivity contribution < 1.29 is 14.0 Å². The molecule has 1 aliphatic carbocycles. The molecule has 2 aromatic carbocycles. The zero-order valence-corrected chi connectivity index (χ0v) is 15.7. The number of hydrogen-bond acceptors (Lipinski definition) is 6. The molecule has 1 aliphatic rings. The maximum Gasteiger partial charge on any atom is 0.277 e. The summed E-state index contributed by atoms with van der Waals surface area (Å²) < 4.78 is 5.57. The lowest BCUT2D eigenvalue weighted by molar-refractivity contribution is -0.113. The highest BCUT2D eigenvalue weighted by molar-refractivity contribution is 7.99. The molecule has 1 aromatic heterocycles. The minimum atomic E-state index is -0.218. The summed E-state index contributed by atoms with van der Waals surface area (Å²) in [4.78, 5) is 24.3. The summed E-state index contributed by atoms with van der Waals surface area (Å²) in [6.07, 6.45) is 2.06. The average molecular weight is 394 g/mol. The van der Waals surface area contributed by atoms with Gasteiger partial charge in [0.25, 0.3) is 11.1 Å². The van der Waals surface area contributed by atoms with Crippen molar-refractivity contribution in [3.05, 3.63) is 60.2 Å². The lowest BCUT2D eigenvalue weighted by Crippen LogP contribution is -2.25. The maximum absolute atomic E-state index is 12.2. The van der Waals surface area contributed by atoms with Gasteiger partial charge in [0.05, 0.1) is 5.75 Å². The van der Waals surface area contributed by atoms with Crippen LogP contribution in [0.25, 0.3) is 11.5 Å². The number of thioether (sulfide) groups is 1. The number of amides is 2. The van der Waals surface area contributed by atoms with Crippen molar-refractivity contribution in [3.8, 4) is 11.5 Å². The summed E-state index contributed by atoms with van der Waals surface area (Å²) in [5.41, 5.74) is 1.93. The number of nitrogens with zero attached hydrogens (tertiary/aromatic N) is 2. The van der Waals surface area contributed by atoms with Gasteiger partial charge in [0, 0.05) is 22.9 Å². The van der Waals surface area contributed by atoms with Crippen LogP contribution >= 0.6 is 11.8 Å². The highest BCUT2D eigenvalue weighted by Crippen LogP contribution is 2.23. The molecule has 1 fully saturated rings. The number of anilines is 1. The Morgan fingerprint density at radius 1 is 1.07 bits per heavy atom. The van der Waals surface area contributed by atoms with Crippen LogP contribution in [0.5, 0.6) is 0 Å². The van der Waals surface area contributed by atoms with E-state index in [9.17, 15) is 9.59 Å². The van der Waals surface area contributed by atoms with Crippen LogP contribution < -0.4 is 10.6 Å². The number of nitrogens with one attached hydrogen (secondary N) is 2. The van der Waals surface area contributed by atoms with Gasteiger partial charge in [0.15, 0.2) is 0 Å². The monoisotopic (exact) mass is 394 g/mol. The predicted molar refractivity (Wildman–Crippen MR) is 106 cm³/mol. The van der Waals surface area contributed by atoms with Crippen LogP contribution in [0.2, 0.25) is 0 Å². The van der Waals surface area contributed by atoms with E-state index in [1.165, 1.54) is 0 Å². The third-order valence-corrected chi connectivity index (χ3v) is 4.89. The second kappa shape index (κ2) is 8.26. The third kappa shape index (κ3) is 4.77. The first kappa shape index (κ1) is 18.2. The van der Waals surface area contributed by atoms with Crippen molar-refractivity contribution in [1.29, 1.82) is 0 Å². The molecule has 1 heterocycles. The number of carbonyl (C=O) groups is 2. The molecule has 0 atom stereocenters. The van der Waals surface area contributed by atoms with E-state index in [1.54, 1.807) is 24.3 Å². The summed E-state index contributed by atoms with van der Waals surface area (Å²) in [5.74, 6) is 0.198. The summed E-state index contributed by atoms with van der Waals surface area (Å²) in [5, 5.41) is 14.0. The quantitative estimate of drug-likeness (QED) is 0.597. The molecule has 3 aromatic rings. The molecule has 142 valence electrons. The van der Waals surface area contributed by atoms with Crippen LogP contribution in [-0.4, -0.2) is 33.8 Å². The van der Waals surface area contributed by atoms with E-state index in [0.717, 1.165) is 30.2 Å². The van der Waals surface area contributed by atoms with Crippen molar-refractivity contribution in [2.45, 2.75) is 24.1 Å². The lowest BCUT2D eigenvalue weighted by atomic mass is 10.2. The lowest BCUT2D eigenvalue weighted by Gasteiger charge is -2.07. The first-order valence-electron chi connectivity index (χ1n) is 8.90. The molecule has 2 N–H and O–H groups in total. The SMILES string of the molecule is O=C(CSc1nnc(-c2ccccc2)o1)Nc1cccc(C(=O)NC2CC2)c1. The van der Waals surface area contributed by atoms with E-state index >= 15 is 0 Å². The summed E-state index contributed by atoms with van der Waals surface area (Å²) >= 11 is 1.16. The highest BCUT2D eigenvalue weighted by Gasteiger charge is 2.23. The Bertz CT molecular complexity index is 986. The zero-order chi connectivity index (χ0) is 19.3. The van der Waals surface area contributed by atoms with Gasteiger partial charge in [-0.3, -0.25) is 9.59 Å². The Hall–Kier alpha value is -3.13. The minimum absolute atomic E-state index is 0.118. The fraction of sp³-hybridized carbons (Fsp3) is 0.200. The standard InChI is InChI=1S/C20H18N4O3S/c25-17(12-28-20-24-23-19(27-20)13-5-2-1-3-6-13)21-16-8-4-7-14(11-16)18(26)22-15-9-10-15/h1-8,11,15H,9-10,12H2,(H,21,25)(H,22,26). The van der Waals surface area contributed by atoms with Gasteiger partial charge < -0.3 is 15.1 Å². The molecule has 8 heteroatoms. The van der Waals surface area contributed by atoms with Gasteiger partial charge >= 0.3 is 0 Å². The van der Waals surface area contributed by atoms with Crippen molar-refractivity contribution >= 4 is 29.3 Å². The van der Waals surface area contributed by atoms with Gasteiger partial charge in [-0.25, -0.2) is 0 Å². The van der Waals surface area contributed by atoms with Crippen molar-refractivity contribution in [2.24, 2.45) is 0 Å². The zero-order valence-electron chi connectivity index (χ0n) is 14.9. The average Bonchev–Trinajstić information content (AvgIpc) is 3.40. The van der Waals surface area contributed by atoms with Crippen LogP contribution in [0.1, 0.15) is 23.2 Å². The third-order valence-electron chi connectivity index (χ3n) is 4.08. The molecular formula is C20H18N4O3S. The molecule has 0 saturated heterocycles. The Morgan fingerprint density at radius 2 is 1.89 bits per heavy atom. The van der Waals surface area contributed by atoms with Gasteiger partial charge in [0.1, 0.15) is 0 Å². The number of carbonyl (C=O) groups excluding carboxylic acids is 2. The Balaban J connectivity index is 1.31. The van der Waals surface area contributed by atoms with Gasteiger partial charge in [-0.2, -0.15) is 0 Å². The molecule has 2 amide bonds. The normalized spacial score (nSPS) is 13.1. The number of hydrogen-bond donors (Lipinski definition) is 2. The van der Waals surface area contributed by atoms with E-state index in [0.29, 0.717) is 22.4 Å². The number of rotatable bonds is 7. The molecule has 0 unspecified atom stereocenters. The van der Waals surface area contributed by atoms with Crippen LogP contribution in [0.15, 0.2) is 64.2 Å². The topological polar surface area (TPSA) is 97.1 Å². The highest BCUT2D eigenvalue weighted by atomic mass is 32.2. The van der Waals surface area contributed by atoms with Crippen LogP contribution in [0, 0.1) is 0 Å². The van der Waals surface area contributed by atoms with Crippen LogP contribution in [0.3, 0.4) is 0 Å². The molecule has 4 rings (SSSR count). The van der Waals surface area contributed by atoms with Gasteiger partial charge in [0.2, 0.25) is 11.8 Å². The second-order valence-corrected chi connectivity index (χ2v) is 7.33. The van der Waals surface area contributed by atoms with Crippen molar-refractivity contribution in [3.63, 3.8) is 0 Å². The molecule has 0 aliphatic heterocycles. The second-order valence-electron chi connectivity index (χ2n) is 6.40. The minimum Gasteiger partial charge on any atom is -0.411 e. The molecule has 0 spiro atoms. The van der Waals surface area contributed by atoms with Gasteiger partial charge in [-0.15, -0.1) is 10.2 Å². The molecular weight excluding hydrogens is 376 g/mol. The Morgan fingerprint density at radius 3 is 2.68 bits per heavy atom. The number of benzene rings is 2. The van der Waals surface area contributed by atoms with Gasteiger partial charge in [-0.05, 0) is 43.2 Å². The van der Waals surface area contributed by atoms with Crippen LogP contribution in [-0.2, 0) is 4.79 Å². The van der Waals surface area contributed by atoms with Crippen molar-refractivity contribution in [2.75, 3.05) is 11.1 Å². The molecule has 1 saturated carbocycles. The molecule has 0 bridgehead atoms. The van der Waals surface area contributed by atoms with E-state index in [-0.39, 0.29) is 23.6 Å². The first-order valence-corrected chi connectivity index (χ1v) is 9.88. The number of aromatic nitrogens is 2. The fourth-order valence-electron chi connectivity index (χ4n) is 2.52. The summed E-state index contributed by atoms with van der Waals surface area (Å²) in [7, 11) is 0. The fourth-order valence-corrected chi connectivity index (χ4v) is 3.09. The molecule has 0 radical (unpaired) electrons. The molecule has 7 nitrogen and oxygen atoms in total. The predicted octanol–water partition coefficient (Wildman–Crippen LogP) is 3.36. The summed E-state index contributed by atoms with van der Waals surface area (Å²) in [6.45, 7) is 0. The maximum atomic E-state index is 12.2. The molecule has 28 heavy (non-hydrogen) atoms. The smallest absolute Gasteiger partial charge is 0.277 e. The van der Waals surface area contributed by atoms with E-state index < -0.39 is 0 Å². The van der Waals surface area contributed by atoms with Crippen molar-refractivity contribution in [1.82, 2.24) is 15.5 Å². The van der Waals surface area contributed by atoms with Crippen LogP contribution in [0.4, 0.5) is 5.69 Å². The van der Waals surface area contributed by atoms with E-state index in [2.05, 4.69) is 20.8 Å². The Kier molecular flexibility index (Phi) is 5.38.